The molecule has 124 valence electrons. The summed E-state index contributed by atoms with van der Waals surface area (Å²) >= 11 is 1.49. The number of benzene rings is 1. The van der Waals surface area contributed by atoms with E-state index in [-0.39, 0.29) is 11.7 Å². The summed E-state index contributed by atoms with van der Waals surface area (Å²) in [6, 6.07) is 3.09. The molecule has 0 bridgehead atoms. The number of nitrogens with zero attached hydrogens (tertiary/aromatic N) is 2. The molecule has 8 heteroatoms. The van der Waals surface area contributed by atoms with Crippen molar-refractivity contribution in [2.45, 2.75) is 13.0 Å². The van der Waals surface area contributed by atoms with Gasteiger partial charge in [0.25, 0.3) is 0 Å². The Hall–Kier alpha value is -2.29. The van der Waals surface area contributed by atoms with Crippen LogP contribution in [0.3, 0.4) is 0 Å². The molecule has 7 nitrogen and oxygen atoms in total. The molecule has 1 atom stereocenters. The normalized spacial score (nSPS) is 18.1. The van der Waals surface area contributed by atoms with Gasteiger partial charge in [0.15, 0.2) is 5.58 Å². The number of fused-ring (bicyclic) bond motifs is 1. The van der Waals surface area contributed by atoms with E-state index in [2.05, 4.69) is 15.3 Å². The molecule has 1 saturated heterocycles. The number of carboxylic acids is 1. The fourth-order valence-electron chi connectivity index (χ4n) is 2.67. The summed E-state index contributed by atoms with van der Waals surface area (Å²) in [5, 5.41) is 13.3. The zero-order chi connectivity index (χ0) is 16.7. The van der Waals surface area contributed by atoms with Crippen molar-refractivity contribution >= 4 is 28.4 Å². The van der Waals surface area contributed by atoms with Crippen LogP contribution in [0.15, 0.2) is 22.7 Å². The summed E-state index contributed by atoms with van der Waals surface area (Å²) in [6.45, 7) is 3.95. The van der Waals surface area contributed by atoms with Crippen molar-refractivity contribution in [3.8, 4) is 10.6 Å². The van der Waals surface area contributed by atoms with Gasteiger partial charge in [-0.15, -0.1) is 11.3 Å². The van der Waals surface area contributed by atoms with Gasteiger partial charge in [-0.3, -0.25) is 0 Å². The van der Waals surface area contributed by atoms with E-state index in [1.807, 2.05) is 6.92 Å². The number of ether oxygens (including phenoxy) is 1. The number of oxazole rings is 1. The maximum absolute atomic E-state index is 11.4. The van der Waals surface area contributed by atoms with Gasteiger partial charge >= 0.3 is 5.97 Å². The van der Waals surface area contributed by atoms with Crippen LogP contribution in [0.25, 0.3) is 21.7 Å². The summed E-state index contributed by atoms with van der Waals surface area (Å²) in [4.78, 5) is 21.4. The SMILES string of the molecule is Cc1cnc(-c2cc(C(=O)O)cc3oc(C4CNCCO4)nc23)s1. The van der Waals surface area contributed by atoms with Crippen LogP contribution in [0.4, 0.5) is 0 Å². The average Bonchev–Trinajstić information content (AvgIpc) is 3.20. The van der Waals surface area contributed by atoms with Crippen LogP contribution in [0.5, 0.6) is 0 Å². The zero-order valence-electron chi connectivity index (χ0n) is 12.9. The lowest BCUT2D eigenvalue weighted by molar-refractivity contribution is 0.0118. The molecular formula is C16H15N3O4S. The van der Waals surface area contributed by atoms with Gasteiger partial charge in [0.2, 0.25) is 5.89 Å². The number of nitrogens with one attached hydrogen (secondary N) is 1. The molecule has 0 aliphatic carbocycles. The van der Waals surface area contributed by atoms with Gasteiger partial charge in [0.05, 0.1) is 12.2 Å². The van der Waals surface area contributed by atoms with Crippen molar-refractivity contribution in [2.75, 3.05) is 19.7 Å². The Morgan fingerprint density at radius 3 is 3.00 bits per heavy atom. The van der Waals surface area contributed by atoms with Crippen LogP contribution in [-0.4, -0.2) is 40.7 Å². The van der Waals surface area contributed by atoms with Crippen molar-refractivity contribution in [3.63, 3.8) is 0 Å². The number of carboxylic acid groups (broad SMARTS) is 1. The van der Waals surface area contributed by atoms with Gasteiger partial charge in [0, 0.05) is 29.7 Å². The molecular weight excluding hydrogens is 330 g/mol. The molecule has 0 spiro atoms. The second-order valence-electron chi connectivity index (χ2n) is 5.57. The maximum Gasteiger partial charge on any atom is 0.335 e. The van der Waals surface area contributed by atoms with E-state index in [0.29, 0.717) is 35.7 Å². The minimum absolute atomic E-state index is 0.149. The minimum Gasteiger partial charge on any atom is -0.478 e. The van der Waals surface area contributed by atoms with Crippen molar-refractivity contribution < 1.29 is 19.1 Å². The average molecular weight is 345 g/mol. The highest BCUT2D eigenvalue weighted by molar-refractivity contribution is 7.15. The summed E-state index contributed by atoms with van der Waals surface area (Å²) in [5.41, 5.74) is 1.86. The largest absolute Gasteiger partial charge is 0.478 e. The summed E-state index contributed by atoms with van der Waals surface area (Å²) in [5.74, 6) is -0.561. The monoisotopic (exact) mass is 345 g/mol. The first-order chi connectivity index (χ1) is 11.6. The fraction of sp³-hybridized carbons (Fsp3) is 0.312. The summed E-state index contributed by atoms with van der Waals surface area (Å²) in [6.07, 6.45) is 1.49. The van der Waals surface area contributed by atoms with E-state index < -0.39 is 5.97 Å². The number of thiazole rings is 1. The molecule has 1 fully saturated rings. The predicted octanol–water partition coefficient (Wildman–Crippen LogP) is 2.62. The molecule has 0 radical (unpaired) electrons. The molecule has 2 N–H and O–H groups in total. The first-order valence-electron chi connectivity index (χ1n) is 7.55. The lowest BCUT2D eigenvalue weighted by atomic mass is 10.1. The number of aryl methyl sites for hydroxylation is 1. The number of aromatic carboxylic acids is 1. The fourth-order valence-corrected chi connectivity index (χ4v) is 3.46. The first-order valence-corrected chi connectivity index (χ1v) is 8.36. The van der Waals surface area contributed by atoms with E-state index >= 15 is 0 Å². The predicted molar refractivity (Wildman–Crippen MR) is 88.4 cm³/mol. The molecule has 4 rings (SSSR count). The molecule has 1 aliphatic heterocycles. The Labute approximate surface area is 141 Å². The van der Waals surface area contributed by atoms with Gasteiger partial charge < -0.3 is 19.6 Å². The quantitative estimate of drug-likeness (QED) is 0.753. The van der Waals surface area contributed by atoms with Crippen LogP contribution >= 0.6 is 11.3 Å². The van der Waals surface area contributed by atoms with Crippen molar-refractivity contribution in [1.29, 1.82) is 0 Å². The van der Waals surface area contributed by atoms with Crippen molar-refractivity contribution in [3.05, 3.63) is 34.7 Å². The van der Waals surface area contributed by atoms with Gasteiger partial charge in [-0.05, 0) is 19.1 Å². The standard InChI is InChI=1S/C16H15N3O4S/c1-8-6-18-15(24-8)10-4-9(16(20)21)5-11-13(10)19-14(23-11)12-7-17-2-3-22-12/h4-6,12,17H,2-3,7H2,1H3,(H,20,21). The van der Waals surface area contributed by atoms with Gasteiger partial charge in [-0.25, -0.2) is 14.8 Å². The third kappa shape index (κ3) is 2.68. The highest BCUT2D eigenvalue weighted by Gasteiger charge is 2.24. The Bertz CT molecular complexity index is 911. The molecule has 0 amide bonds. The van der Waals surface area contributed by atoms with Crippen LogP contribution in [0.1, 0.15) is 27.2 Å². The number of carbonyl (C=O) groups is 1. The molecule has 24 heavy (non-hydrogen) atoms. The Morgan fingerprint density at radius 1 is 1.46 bits per heavy atom. The van der Waals surface area contributed by atoms with Crippen LogP contribution in [-0.2, 0) is 4.74 Å². The lowest BCUT2D eigenvalue weighted by Gasteiger charge is -2.20. The topological polar surface area (TPSA) is 97.5 Å². The third-order valence-corrected chi connectivity index (χ3v) is 4.76. The maximum atomic E-state index is 11.4. The number of hydrogen-bond acceptors (Lipinski definition) is 7. The number of hydrogen-bond donors (Lipinski definition) is 2. The number of aromatic nitrogens is 2. The minimum atomic E-state index is -1.01. The summed E-state index contributed by atoms with van der Waals surface area (Å²) in [7, 11) is 0. The Morgan fingerprint density at radius 2 is 2.33 bits per heavy atom. The second kappa shape index (κ2) is 5.97. The molecule has 3 heterocycles. The van der Waals surface area contributed by atoms with E-state index in [0.717, 1.165) is 16.4 Å². The molecule has 3 aromatic rings. The van der Waals surface area contributed by atoms with E-state index in [1.165, 1.54) is 17.4 Å². The van der Waals surface area contributed by atoms with E-state index in [1.54, 1.807) is 12.3 Å². The van der Waals surface area contributed by atoms with Crippen molar-refractivity contribution in [1.82, 2.24) is 15.3 Å². The molecule has 0 saturated carbocycles. The van der Waals surface area contributed by atoms with E-state index in [4.69, 9.17) is 9.15 Å². The Kier molecular flexibility index (Phi) is 3.79. The zero-order valence-corrected chi connectivity index (χ0v) is 13.7. The third-order valence-electron chi connectivity index (χ3n) is 3.81. The smallest absolute Gasteiger partial charge is 0.335 e. The van der Waals surface area contributed by atoms with Crippen LogP contribution < -0.4 is 5.32 Å². The lowest BCUT2D eigenvalue weighted by Crippen LogP contribution is -2.33. The first kappa shape index (κ1) is 15.3. The summed E-state index contributed by atoms with van der Waals surface area (Å²) < 4.78 is 11.5. The van der Waals surface area contributed by atoms with Crippen LogP contribution in [0, 0.1) is 6.92 Å². The highest BCUT2D eigenvalue weighted by Crippen LogP contribution is 2.34. The number of rotatable bonds is 3. The molecule has 1 unspecified atom stereocenters. The highest BCUT2D eigenvalue weighted by atomic mass is 32.1. The van der Waals surface area contributed by atoms with Gasteiger partial charge in [0.1, 0.15) is 16.6 Å². The van der Waals surface area contributed by atoms with Crippen LogP contribution in [0.2, 0.25) is 0 Å². The molecule has 1 aromatic carbocycles. The Balaban J connectivity index is 1.88. The van der Waals surface area contributed by atoms with Crippen molar-refractivity contribution in [2.24, 2.45) is 0 Å². The number of morpholine rings is 1. The van der Waals surface area contributed by atoms with Gasteiger partial charge in [-0.1, -0.05) is 0 Å². The molecule has 2 aromatic heterocycles. The molecule has 1 aliphatic rings. The van der Waals surface area contributed by atoms with Gasteiger partial charge in [-0.2, -0.15) is 0 Å². The second-order valence-corrected chi connectivity index (χ2v) is 6.80. The van der Waals surface area contributed by atoms with E-state index in [9.17, 15) is 9.90 Å².